The standard InChI is InChI=1S/C8H7BOS/c9-10-7-3-1-2-6-4-5-11-8(6)7/h1-5H,9H2. The van der Waals surface area contributed by atoms with Crippen molar-refractivity contribution in [1.82, 2.24) is 0 Å². The number of fused-ring (bicyclic) bond motifs is 1. The summed E-state index contributed by atoms with van der Waals surface area (Å²) in [6, 6.07) is 8.18. The van der Waals surface area contributed by atoms with Gasteiger partial charge in [-0.1, -0.05) is 12.1 Å². The second-order valence-electron chi connectivity index (χ2n) is 2.30. The highest BCUT2D eigenvalue weighted by Gasteiger charge is 1.98. The van der Waals surface area contributed by atoms with Gasteiger partial charge in [-0.3, -0.25) is 0 Å². The van der Waals surface area contributed by atoms with E-state index >= 15 is 0 Å². The minimum absolute atomic E-state index is 0.970. The van der Waals surface area contributed by atoms with Crippen LogP contribution in [0.3, 0.4) is 0 Å². The highest BCUT2D eigenvalue weighted by molar-refractivity contribution is 7.17. The average molecular weight is 162 g/mol. The summed E-state index contributed by atoms with van der Waals surface area (Å²) in [6.45, 7) is 0. The number of rotatable bonds is 1. The minimum atomic E-state index is 0.970. The monoisotopic (exact) mass is 162 g/mol. The highest BCUT2D eigenvalue weighted by atomic mass is 32.1. The molecule has 0 aliphatic heterocycles. The van der Waals surface area contributed by atoms with Crippen molar-refractivity contribution >= 4 is 29.5 Å². The van der Waals surface area contributed by atoms with E-state index in [4.69, 9.17) is 4.65 Å². The first-order valence-corrected chi connectivity index (χ1v) is 4.30. The lowest BCUT2D eigenvalue weighted by atomic mass is 10.2. The lowest BCUT2D eigenvalue weighted by molar-refractivity contribution is 0.625. The van der Waals surface area contributed by atoms with Gasteiger partial charge >= 0.3 is 8.05 Å². The Labute approximate surface area is 70.1 Å². The van der Waals surface area contributed by atoms with Gasteiger partial charge in [-0.05, 0) is 22.9 Å². The molecule has 0 saturated heterocycles. The first kappa shape index (κ1) is 6.74. The molecule has 0 bridgehead atoms. The predicted molar refractivity (Wildman–Crippen MR) is 51.0 cm³/mol. The van der Waals surface area contributed by atoms with Gasteiger partial charge in [0.05, 0.1) is 4.70 Å². The zero-order chi connectivity index (χ0) is 7.68. The Balaban J connectivity index is 2.79. The van der Waals surface area contributed by atoms with Crippen molar-refractivity contribution in [3.63, 3.8) is 0 Å². The van der Waals surface area contributed by atoms with Gasteiger partial charge in [-0.25, -0.2) is 0 Å². The van der Waals surface area contributed by atoms with E-state index in [0.717, 1.165) is 5.75 Å². The second-order valence-corrected chi connectivity index (χ2v) is 3.22. The molecule has 2 aromatic rings. The fourth-order valence-corrected chi connectivity index (χ4v) is 2.02. The molecule has 0 spiro atoms. The maximum absolute atomic E-state index is 5.20. The van der Waals surface area contributed by atoms with Crippen LogP contribution in [0.1, 0.15) is 0 Å². The molecule has 1 aromatic heterocycles. The van der Waals surface area contributed by atoms with Crippen molar-refractivity contribution in [3.8, 4) is 5.75 Å². The lowest BCUT2D eigenvalue weighted by Crippen LogP contribution is -1.83. The molecule has 54 valence electrons. The van der Waals surface area contributed by atoms with Crippen LogP contribution in [0.15, 0.2) is 29.6 Å². The Morgan fingerprint density at radius 3 is 3.00 bits per heavy atom. The molecule has 3 heteroatoms. The van der Waals surface area contributed by atoms with Crippen molar-refractivity contribution in [3.05, 3.63) is 29.6 Å². The molecule has 0 atom stereocenters. The maximum Gasteiger partial charge on any atom is 0.322 e. The van der Waals surface area contributed by atoms with E-state index in [1.165, 1.54) is 10.1 Å². The maximum atomic E-state index is 5.20. The molecule has 0 aliphatic carbocycles. The molecular formula is C8H7BOS. The highest BCUT2D eigenvalue weighted by Crippen LogP contribution is 2.29. The summed E-state index contributed by atoms with van der Waals surface area (Å²) in [6.07, 6.45) is 0. The largest absolute Gasteiger partial charge is 0.567 e. The van der Waals surface area contributed by atoms with Gasteiger partial charge in [0.2, 0.25) is 0 Å². The van der Waals surface area contributed by atoms with Gasteiger partial charge in [-0.15, -0.1) is 11.3 Å². The van der Waals surface area contributed by atoms with E-state index in [0.29, 0.717) is 0 Å². The van der Waals surface area contributed by atoms with E-state index in [9.17, 15) is 0 Å². The number of hydrogen-bond acceptors (Lipinski definition) is 2. The molecule has 0 unspecified atom stereocenters. The van der Waals surface area contributed by atoms with Gasteiger partial charge in [0.15, 0.2) is 0 Å². The van der Waals surface area contributed by atoms with E-state index in [2.05, 4.69) is 17.5 Å². The molecule has 1 aromatic carbocycles. The molecular weight excluding hydrogens is 155 g/mol. The number of thiophene rings is 1. The summed E-state index contributed by atoms with van der Waals surface area (Å²) < 4.78 is 6.43. The molecule has 0 fully saturated rings. The van der Waals surface area contributed by atoms with E-state index < -0.39 is 0 Å². The Morgan fingerprint density at radius 2 is 2.18 bits per heavy atom. The Morgan fingerprint density at radius 1 is 1.27 bits per heavy atom. The SMILES string of the molecule is BOc1cccc2ccsc12. The summed E-state index contributed by atoms with van der Waals surface area (Å²) in [5, 5.41) is 3.34. The molecule has 1 heterocycles. The number of benzene rings is 1. The normalized spacial score (nSPS) is 10.2. The minimum Gasteiger partial charge on any atom is -0.567 e. The van der Waals surface area contributed by atoms with Crippen LogP contribution in [0.5, 0.6) is 5.75 Å². The molecule has 0 saturated carbocycles. The van der Waals surface area contributed by atoms with Gasteiger partial charge in [0.1, 0.15) is 5.75 Å². The molecule has 0 N–H and O–H groups in total. The summed E-state index contributed by atoms with van der Waals surface area (Å²) >= 11 is 1.71. The predicted octanol–water partition coefficient (Wildman–Crippen LogP) is 1.83. The molecule has 2 rings (SSSR count). The van der Waals surface area contributed by atoms with Crippen LogP contribution in [0.2, 0.25) is 0 Å². The van der Waals surface area contributed by atoms with Crippen molar-refractivity contribution < 1.29 is 4.65 Å². The molecule has 0 amide bonds. The van der Waals surface area contributed by atoms with Crippen molar-refractivity contribution in [2.45, 2.75) is 0 Å². The Hall–Kier alpha value is -0.955. The third kappa shape index (κ3) is 1.01. The van der Waals surface area contributed by atoms with Crippen LogP contribution in [-0.4, -0.2) is 8.05 Å². The van der Waals surface area contributed by atoms with Gasteiger partial charge in [-0.2, -0.15) is 0 Å². The zero-order valence-corrected chi connectivity index (χ0v) is 7.02. The van der Waals surface area contributed by atoms with Crippen LogP contribution in [-0.2, 0) is 0 Å². The summed E-state index contributed by atoms with van der Waals surface area (Å²) in [5.41, 5.74) is 0. The average Bonchev–Trinajstić information content (AvgIpc) is 2.50. The van der Waals surface area contributed by atoms with Crippen molar-refractivity contribution in [2.75, 3.05) is 0 Å². The summed E-state index contributed by atoms with van der Waals surface area (Å²) in [5.74, 6) is 0.970. The topological polar surface area (TPSA) is 9.23 Å². The van der Waals surface area contributed by atoms with Crippen LogP contribution >= 0.6 is 11.3 Å². The van der Waals surface area contributed by atoms with E-state index in [1.807, 2.05) is 12.1 Å². The Bertz CT molecular complexity index is 369. The van der Waals surface area contributed by atoms with E-state index in [-0.39, 0.29) is 0 Å². The smallest absolute Gasteiger partial charge is 0.322 e. The Kier molecular flexibility index (Phi) is 1.58. The molecule has 0 radical (unpaired) electrons. The van der Waals surface area contributed by atoms with E-state index in [1.54, 1.807) is 19.4 Å². The lowest BCUT2D eigenvalue weighted by Gasteiger charge is -1.99. The molecule has 0 aliphatic rings. The first-order chi connectivity index (χ1) is 5.42. The van der Waals surface area contributed by atoms with Gasteiger partial charge < -0.3 is 4.65 Å². The summed E-state index contributed by atoms with van der Waals surface area (Å²) in [7, 11) is 1.70. The fraction of sp³-hybridized carbons (Fsp3) is 0. The number of hydrogen-bond donors (Lipinski definition) is 0. The third-order valence-electron chi connectivity index (χ3n) is 1.66. The molecule has 1 nitrogen and oxygen atoms in total. The zero-order valence-electron chi connectivity index (χ0n) is 6.20. The van der Waals surface area contributed by atoms with Gasteiger partial charge in [0.25, 0.3) is 0 Å². The van der Waals surface area contributed by atoms with Crippen LogP contribution in [0.4, 0.5) is 0 Å². The van der Waals surface area contributed by atoms with Crippen molar-refractivity contribution in [2.24, 2.45) is 0 Å². The second kappa shape index (κ2) is 2.59. The van der Waals surface area contributed by atoms with Crippen molar-refractivity contribution in [1.29, 1.82) is 0 Å². The molecule has 11 heavy (non-hydrogen) atoms. The summed E-state index contributed by atoms with van der Waals surface area (Å²) in [4.78, 5) is 0. The fourth-order valence-electron chi connectivity index (χ4n) is 1.13. The van der Waals surface area contributed by atoms with Gasteiger partial charge in [0, 0.05) is 0 Å². The first-order valence-electron chi connectivity index (χ1n) is 3.42. The quantitative estimate of drug-likeness (QED) is 0.581. The van der Waals surface area contributed by atoms with Crippen LogP contribution < -0.4 is 4.65 Å². The third-order valence-corrected chi connectivity index (χ3v) is 2.61. The van der Waals surface area contributed by atoms with Crippen LogP contribution in [0.25, 0.3) is 10.1 Å². The van der Waals surface area contributed by atoms with Crippen LogP contribution in [0, 0.1) is 0 Å².